The molecule has 72 valence electrons. The molecule has 0 spiro atoms. The molecule has 4 nitrogen and oxygen atoms in total. The zero-order chi connectivity index (χ0) is 9.90. The first-order valence-electron chi connectivity index (χ1n) is 3.95. The third kappa shape index (κ3) is 3.20. The minimum absolute atomic E-state index is 0.309. The van der Waals surface area contributed by atoms with E-state index in [0.717, 1.165) is 5.69 Å². The lowest BCUT2D eigenvalue weighted by Crippen LogP contribution is -2.25. The normalized spacial score (nSPS) is 15.1. The van der Waals surface area contributed by atoms with Gasteiger partial charge in [-0.25, -0.2) is 0 Å². The van der Waals surface area contributed by atoms with Gasteiger partial charge >= 0.3 is 0 Å². The summed E-state index contributed by atoms with van der Waals surface area (Å²) in [7, 11) is 0. The molecule has 0 aliphatic heterocycles. The van der Waals surface area contributed by atoms with Crippen LogP contribution in [0.25, 0.3) is 0 Å². The summed E-state index contributed by atoms with van der Waals surface area (Å²) in [6, 6.07) is 1.77. The minimum atomic E-state index is -1.20. The third-order valence-electron chi connectivity index (χ3n) is 1.33. The van der Waals surface area contributed by atoms with Gasteiger partial charge in [0.2, 0.25) is 0 Å². The van der Waals surface area contributed by atoms with Crippen LogP contribution in [0.1, 0.15) is 26.5 Å². The summed E-state index contributed by atoms with van der Waals surface area (Å²) in [5, 5.41) is 6.46. The molecule has 1 rings (SSSR count). The van der Waals surface area contributed by atoms with Gasteiger partial charge in [-0.2, -0.15) is 5.10 Å². The van der Waals surface area contributed by atoms with Crippen LogP contribution < -0.4 is 0 Å². The molecule has 0 saturated heterocycles. The van der Waals surface area contributed by atoms with Gasteiger partial charge in [0.05, 0.1) is 5.69 Å². The Morgan fingerprint density at radius 1 is 1.62 bits per heavy atom. The van der Waals surface area contributed by atoms with Crippen molar-refractivity contribution in [2.24, 2.45) is 4.40 Å². The predicted molar refractivity (Wildman–Crippen MR) is 54.1 cm³/mol. The summed E-state index contributed by atoms with van der Waals surface area (Å²) >= 11 is -1.20. The SMILES string of the molecule is CC(C)(C)[S+]([O-])N=Cc1ccn[nH]1. The molecule has 1 aromatic rings. The van der Waals surface area contributed by atoms with E-state index < -0.39 is 11.4 Å². The van der Waals surface area contributed by atoms with Crippen molar-refractivity contribution in [1.29, 1.82) is 0 Å². The molecule has 0 bridgehead atoms. The highest BCUT2D eigenvalue weighted by atomic mass is 32.2. The average molecular weight is 199 g/mol. The lowest BCUT2D eigenvalue weighted by atomic mass is 10.3. The highest BCUT2D eigenvalue weighted by Crippen LogP contribution is 2.16. The first-order valence-corrected chi connectivity index (χ1v) is 5.06. The lowest BCUT2D eigenvalue weighted by Gasteiger charge is -2.17. The van der Waals surface area contributed by atoms with Gasteiger partial charge in [-0.3, -0.25) is 5.10 Å². The van der Waals surface area contributed by atoms with Crippen LogP contribution in [0.15, 0.2) is 16.7 Å². The maximum absolute atomic E-state index is 11.4. The highest BCUT2D eigenvalue weighted by Gasteiger charge is 2.25. The summed E-state index contributed by atoms with van der Waals surface area (Å²) < 4.78 is 15.0. The molecule has 13 heavy (non-hydrogen) atoms. The molecular weight excluding hydrogens is 186 g/mol. The van der Waals surface area contributed by atoms with E-state index in [4.69, 9.17) is 0 Å². The molecule has 0 aliphatic rings. The van der Waals surface area contributed by atoms with Crippen molar-refractivity contribution in [3.05, 3.63) is 18.0 Å². The number of nitrogens with one attached hydrogen (secondary N) is 1. The predicted octanol–water partition coefficient (Wildman–Crippen LogP) is 1.29. The van der Waals surface area contributed by atoms with Crippen molar-refractivity contribution in [3.63, 3.8) is 0 Å². The number of hydrogen-bond donors (Lipinski definition) is 1. The molecule has 0 amide bonds. The topological polar surface area (TPSA) is 64.1 Å². The van der Waals surface area contributed by atoms with E-state index in [1.807, 2.05) is 20.8 Å². The van der Waals surface area contributed by atoms with Gasteiger partial charge in [0.1, 0.15) is 22.3 Å². The molecule has 0 fully saturated rings. The zero-order valence-electron chi connectivity index (χ0n) is 7.94. The van der Waals surface area contributed by atoms with Crippen LogP contribution in [0.3, 0.4) is 0 Å². The number of rotatable bonds is 2. The molecular formula is C8H13N3OS. The van der Waals surface area contributed by atoms with Gasteiger partial charge in [0.15, 0.2) is 0 Å². The first kappa shape index (κ1) is 10.3. The molecule has 5 heteroatoms. The van der Waals surface area contributed by atoms with Crippen LogP contribution in [0.2, 0.25) is 0 Å². The zero-order valence-corrected chi connectivity index (χ0v) is 8.76. The Morgan fingerprint density at radius 2 is 2.31 bits per heavy atom. The number of H-pyrrole nitrogens is 1. The van der Waals surface area contributed by atoms with E-state index in [0.29, 0.717) is 0 Å². The summed E-state index contributed by atoms with van der Waals surface area (Å²) in [4.78, 5) is 0. The largest absolute Gasteiger partial charge is 0.591 e. The van der Waals surface area contributed by atoms with Crippen molar-refractivity contribution in [2.45, 2.75) is 25.5 Å². The Balaban J connectivity index is 2.59. The monoisotopic (exact) mass is 199 g/mol. The van der Waals surface area contributed by atoms with Crippen LogP contribution in [0.5, 0.6) is 0 Å². The van der Waals surface area contributed by atoms with Gasteiger partial charge in [-0.1, -0.05) is 4.40 Å². The molecule has 0 radical (unpaired) electrons. The second-order valence-corrected chi connectivity index (χ2v) is 5.54. The molecule has 1 heterocycles. The summed E-state index contributed by atoms with van der Waals surface area (Å²) in [6.45, 7) is 5.65. The summed E-state index contributed by atoms with van der Waals surface area (Å²) in [6.07, 6.45) is 3.16. The quantitative estimate of drug-likeness (QED) is 0.576. The number of aromatic nitrogens is 2. The number of nitrogens with zero attached hydrogens (tertiary/aromatic N) is 2. The van der Waals surface area contributed by atoms with E-state index in [9.17, 15) is 4.55 Å². The Bertz CT molecular complexity index is 276. The van der Waals surface area contributed by atoms with Crippen LogP contribution in [-0.4, -0.2) is 25.7 Å². The molecule has 0 saturated carbocycles. The smallest absolute Gasteiger partial charge is 0.144 e. The number of hydrogen-bond acceptors (Lipinski definition) is 3. The maximum atomic E-state index is 11.4. The lowest BCUT2D eigenvalue weighted by molar-refractivity contribution is 0.562. The fourth-order valence-electron chi connectivity index (χ4n) is 0.601. The van der Waals surface area contributed by atoms with Gasteiger partial charge in [0.25, 0.3) is 0 Å². The van der Waals surface area contributed by atoms with E-state index in [1.54, 1.807) is 12.3 Å². The fourth-order valence-corrected chi connectivity index (χ4v) is 1.13. The molecule has 1 aromatic heterocycles. The van der Waals surface area contributed by atoms with Gasteiger partial charge in [-0.05, 0) is 26.8 Å². The van der Waals surface area contributed by atoms with Crippen LogP contribution in [-0.2, 0) is 11.4 Å². The Kier molecular flexibility index (Phi) is 3.11. The highest BCUT2D eigenvalue weighted by molar-refractivity contribution is 7.91. The molecule has 1 N–H and O–H groups in total. The van der Waals surface area contributed by atoms with Crippen molar-refractivity contribution in [3.8, 4) is 0 Å². The van der Waals surface area contributed by atoms with Crippen molar-refractivity contribution < 1.29 is 4.55 Å². The molecule has 0 aliphatic carbocycles. The van der Waals surface area contributed by atoms with E-state index in [-0.39, 0.29) is 4.75 Å². The van der Waals surface area contributed by atoms with Crippen molar-refractivity contribution >= 4 is 17.6 Å². The standard InChI is InChI=1S/C8H13N3OS/c1-8(2,3)13(12)10-6-7-4-5-9-11-7/h4-6H,1-3H3,(H,9,11). The molecule has 1 unspecified atom stereocenters. The first-order chi connectivity index (χ1) is 6.00. The second-order valence-electron chi connectivity index (χ2n) is 3.61. The van der Waals surface area contributed by atoms with Gasteiger partial charge in [-0.15, -0.1) is 0 Å². The van der Waals surface area contributed by atoms with Crippen LogP contribution in [0.4, 0.5) is 0 Å². The summed E-state index contributed by atoms with van der Waals surface area (Å²) in [5.41, 5.74) is 0.762. The van der Waals surface area contributed by atoms with Crippen LogP contribution >= 0.6 is 0 Å². The fraction of sp³-hybridized carbons (Fsp3) is 0.500. The maximum Gasteiger partial charge on any atom is 0.144 e. The van der Waals surface area contributed by atoms with Crippen molar-refractivity contribution in [2.75, 3.05) is 0 Å². The Morgan fingerprint density at radius 3 is 2.77 bits per heavy atom. The van der Waals surface area contributed by atoms with Crippen LogP contribution in [0, 0.1) is 0 Å². The Labute approximate surface area is 80.8 Å². The molecule has 1 atom stereocenters. The second kappa shape index (κ2) is 3.93. The Hall–Kier alpha value is -0.810. The van der Waals surface area contributed by atoms with Gasteiger partial charge < -0.3 is 4.55 Å². The molecule has 0 aromatic carbocycles. The average Bonchev–Trinajstić information content (AvgIpc) is 2.50. The van der Waals surface area contributed by atoms with E-state index in [1.165, 1.54) is 6.21 Å². The summed E-state index contributed by atoms with van der Waals surface area (Å²) in [5.74, 6) is 0. The van der Waals surface area contributed by atoms with Crippen molar-refractivity contribution in [1.82, 2.24) is 10.2 Å². The number of aromatic amines is 1. The van der Waals surface area contributed by atoms with E-state index in [2.05, 4.69) is 14.6 Å². The van der Waals surface area contributed by atoms with Gasteiger partial charge in [0, 0.05) is 6.20 Å². The van der Waals surface area contributed by atoms with E-state index >= 15 is 0 Å². The third-order valence-corrected chi connectivity index (χ3v) is 2.68. The minimum Gasteiger partial charge on any atom is -0.591 e.